The van der Waals surface area contributed by atoms with Gasteiger partial charge in [-0.2, -0.15) is 0 Å². The van der Waals surface area contributed by atoms with Crippen LogP contribution in [-0.2, 0) is 4.74 Å². The molecule has 114 valence electrons. The molecule has 3 rings (SSSR count). The first-order valence-electron chi connectivity index (χ1n) is 6.79. The van der Waals surface area contributed by atoms with E-state index in [-0.39, 0.29) is 24.1 Å². The molecule has 0 atom stereocenters. The standard InChI is InChI=1S/C14H15N5O3/c1-3-22-13(20)11-12-16-17-19(14(21)18(12)8-15-11)10-6-4-9(2)5-7-10/h4-8,16-17H,3H2,1-2H3. The molecule has 1 aromatic carbocycles. The lowest BCUT2D eigenvalue weighted by molar-refractivity contribution is 0.0521. The maximum atomic E-state index is 12.5. The molecule has 8 heteroatoms. The van der Waals surface area contributed by atoms with Crippen LogP contribution in [0.3, 0.4) is 0 Å². The van der Waals surface area contributed by atoms with E-state index >= 15 is 0 Å². The van der Waals surface area contributed by atoms with Crippen molar-refractivity contribution in [2.75, 3.05) is 17.0 Å². The number of aromatic nitrogens is 2. The van der Waals surface area contributed by atoms with Crippen LogP contribution in [0.4, 0.5) is 16.3 Å². The second-order valence-electron chi connectivity index (χ2n) is 4.72. The van der Waals surface area contributed by atoms with E-state index in [0.29, 0.717) is 5.69 Å². The van der Waals surface area contributed by atoms with Gasteiger partial charge in [-0.1, -0.05) is 17.7 Å². The van der Waals surface area contributed by atoms with E-state index in [2.05, 4.69) is 15.9 Å². The summed E-state index contributed by atoms with van der Waals surface area (Å²) in [5.74, 6) is -0.325. The van der Waals surface area contributed by atoms with Crippen molar-refractivity contribution in [3.05, 3.63) is 41.9 Å². The van der Waals surface area contributed by atoms with Gasteiger partial charge in [-0.25, -0.2) is 24.1 Å². The number of hydrogen-bond acceptors (Lipinski definition) is 6. The number of carbonyl (C=O) groups is 2. The summed E-state index contributed by atoms with van der Waals surface area (Å²) < 4.78 is 6.16. The zero-order valence-electron chi connectivity index (χ0n) is 12.2. The molecule has 1 amide bonds. The summed E-state index contributed by atoms with van der Waals surface area (Å²) in [7, 11) is 0. The number of fused-ring (bicyclic) bond motifs is 1. The highest BCUT2D eigenvalue weighted by atomic mass is 16.5. The first kappa shape index (κ1) is 14.1. The Morgan fingerprint density at radius 2 is 2.05 bits per heavy atom. The van der Waals surface area contributed by atoms with Crippen molar-refractivity contribution in [2.24, 2.45) is 0 Å². The maximum absolute atomic E-state index is 12.5. The summed E-state index contributed by atoms with van der Waals surface area (Å²) in [4.78, 5) is 28.2. The predicted molar refractivity (Wildman–Crippen MR) is 79.4 cm³/mol. The van der Waals surface area contributed by atoms with Crippen LogP contribution in [0.25, 0.3) is 0 Å². The molecule has 0 saturated heterocycles. The summed E-state index contributed by atoms with van der Waals surface area (Å²) in [5, 5.41) is 1.32. The molecular weight excluding hydrogens is 286 g/mol. The molecule has 0 unspecified atom stereocenters. The van der Waals surface area contributed by atoms with Crippen LogP contribution in [0.2, 0.25) is 0 Å². The quantitative estimate of drug-likeness (QED) is 0.839. The number of esters is 1. The van der Waals surface area contributed by atoms with Crippen molar-refractivity contribution in [1.29, 1.82) is 0 Å². The van der Waals surface area contributed by atoms with Gasteiger partial charge in [0, 0.05) is 0 Å². The molecule has 0 aliphatic carbocycles. The second kappa shape index (κ2) is 5.49. The summed E-state index contributed by atoms with van der Waals surface area (Å²) >= 11 is 0. The molecule has 1 aliphatic rings. The van der Waals surface area contributed by atoms with Crippen molar-refractivity contribution in [3.63, 3.8) is 0 Å². The Balaban J connectivity index is 1.90. The van der Waals surface area contributed by atoms with Gasteiger partial charge in [-0.05, 0) is 26.0 Å². The number of aryl methyl sites for hydroxylation is 1. The highest BCUT2D eigenvalue weighted by Crippen LogP contribution is 2.22. The average molecular weight is 301 g/mol. The van der Waals surface area contributed by atoms with Crippen molar-refractivity contribution < 1.29 is 14.3 Å². The third kappa shape index (κ3) is 2.29. The number of nitrogens with zero attached hydrogens (tertiary/aromatic N) is 3. The number of carbonyl (C=O) groups excluding carboxylic acids is 2. The number of amides is 1. The third-order valence-electron chi connectivity index (χ3n) is 3.21. The second-order valence-corrected chi connectivity index (χ2v) is 4.72. The highest BCUT2D eigenvalue weighted by molar-refractivity contribution is 6.01. The van der Waals surface area contributed by atoms with Crippen LogP contribution < -0.4 is 16.0 Å². The van der Waals surface area contributed by atoms with Crippen LogP contribution in [0.1, 0.15) is 23.0 Å². The highest BCUT2D eigenvalue weighted by Gasteiger charge is 2.30. The third-order valence-corrected chi connectivity index (χ3v) is 3.21. The molecule has 2 heterocycles. The van der Waals surface area contributed by atoms with E-state index in [1.807, 2.05) is 31.2 Å². The normalized spacial score (nSPS) is 13.5. The SMILES string of the molecule is CCOC(=O)c1ncn2c1NNN(c1ccc(C)cc1)C2=O. The molecular formula is C14H15N5O3. The summed E-state index contributed by atoms with van der Waals surface area (Å²) in [6.07, 6.45) is 1.29. The van der Waals surface area contributed by atoms with Gasteiger partial charge in [0.2, 0.25) is 0 Å². The molecule has 22 heavy (non-hydrogen) atoms. The molecule has 0 saturated carbocycles. The van der Waals surface area contributed by atoms with Crippen LogP contribution >= 0.6 is 0 Å². The van der Waals surface area contributed by atoms with Crippen molar-refractivity contribution in [3.8, 4) is 0 Å². The predicted octanol–water partition coefficient (Wildman–Crippen LogP) is 1.69. The Hall–Kier alpha value is -2.87. The average Bonchev–Trinajstić information content (AvgIpc) is 2.94. The van der Waals surface area contributed by atoms with Gasteiger partial charge in [-0.3, -0.25) is 5.43 Å². The molecule has 0 spiro atoms. The zero-order chi connectivity index (χ0) is 15.7. The van der Waals surface area contributed by atoms with Gasteiger partial charge in [0.25, 0.3) is 0 Å². The van der Waals surface area contributed by atoms with Crippen molar-refractivity contribution in [1.82, 2.24) is 15.1 Å². The van der Waals surface area contributed by atoms with Gasteiger partial charge < -0.3 is 4.74 Å². The Morgan fingerprint density at radius 3 is 2.73 bits per heavy atom. The largest absolute Gasteiger partial charge is 0.461 e. The Kier molecular flexibility index (Phi) is 3.51. The van der Waals surface area contributed by atoms with Crippen LogP contribution in [0, 0.1) is 6.92 Å². The van der Waals surface area contributed by atoms with Crippen LogP contribution in [0.5, 0.6) is 0 Å². The zero-order valence-corrected chi connectivity index (χ0v) is 12.2. The summed E-state index contributed by atoms with van der Waals surface area (Å²) in [6.45, 7) is 3.91. The molecule has 0 fully saturated rings. The van der Waals surface area contributed by atoms with E-state index in [4.69, 9.17) is 4.74 Å². The van der Waals surface area contributed by atoms with E-state index in [1.54, 1.807) is 6.92 Å². The Bertz CT molecular complexity index is 723. The fourth-order valence-corrected chi connectivity index (χ4v) is 2.09. The number of hydrogen-bond donors (Lipinski definition) is 2. The molecule has 8 nitrogen and oxygen atoms in total. The number of imidazole rings is 1. The van der Waals surface area contributed by atoms with E-state index in [9.17, 15) is 9.59 Å². The van der Waals surface area contributed by atoms with Crippen LogP contribution in [-0.4, -0.2) is 28.2 Å². The number of anilines is 2. The molecule has 0 radical (unpaired) electrons. The van der Waals surface area contributed by atoms with E-state index in [0.717, 1.165) is 5.56 Å². The summed E-state index contributed by atoms with van der Waals surface area (Å²) in [6, 6.07) is 7.06. The Labute approximate surface area is 126 Å². The minimum Gasteiger partial charge on any atom is -0.461 e. The van der Waals surface area contributed by atoms with Gasteiger partial charge >= 0.3 is 12.0 Å². The monoisotopic (exact) mass is 301 g/mol. The molecule has 0 bridgehead atoms. The molecule has 1 aromatic heterocycles. The Morgan fingerprint density at radius 1 is 1.32 bits per heavy atom. The molecule has 2 aromatic rings. The summed E-state index contributed by atoms with van der Waals surface area (Å²) in [5.41, 5.74) is 7.37. The lowest BCUT2D eigenvalue weighted by Crippen LogP contribution is -2.53. The van der Waals surface area contributed by atoms with Gasteiger partial charge in [0.15, 0.2) is 11.5 Å². The lowest BCUT2D eigenvalue weighted by Gasteiger charge is -2.29. The first-order valence-corrected chi connectivity index (χ1v) is 6.79. The molecule has 2 N–H and O–H groups in total. The topological polar surface area (TPSA) is 88.5 Å². The number of benzene rings is 1. The number of hydrazine groups is 2. The van der Waals surface area contributed by atoms with Gasteiger partial charge in [0.05, 0.1) is 12.3 Å². The smallest absolute Gasteiger partial charge is 0.360 e. The number of rotatable bonds is 3. The van der Waals surface area contributed by atoms with Crippen LogP contribution in [0.15, 0.2) is 30.6 Å². The van der Waals surface area contributed by atoms with Crippen molar-refractivity contribution >= 4 is 23.5 Å². The maximum Gasteiger partial charge on any atom is 0.360 e. The van der Waals surface area contributed by atoms with E-state index in [1.165, 1.54) is 15.9 Å². The van der Waals surface area contributed by atoms with Gasteiger partial charge in [-0.15, -0.1) is 5.53 Å². The molecule has 1 aliphatic heterocycles. The number of nitrogens with one attached hydrogen (secondary N) is 2. The van der Waals surface area contributed by atoms with Crippen molar-refractivity contribution in [2.45, 2.75) is 13.8 Å². The lowest BCUT2D eigenvalue weighted by atomic mass is 10.2. The fraction of sp³-hybridized carbons (Fsp3) is 0.214. The first-order chi connectivity index (χ1) is 10.6. The van der Waals surface area contributed by atoms with Gasteiger partial charge in [0.1, 0.15) is 6.33 Å². The fourth-order valence-electron chi connectivity index (χ4n) is 2.09. The number of ether oxygens (including phenoxy) is 1. The minimum absolute atomic E-state index is 0.0613. The van der Waals surface area contributed by atoms with E-state index < -0.39 is 5.97 Å². The minimum atomic E-state index is -0.581.